The number of hydrogen-bond donors (Lipinski definition) is 1. The average molecular weight is 272 g/mol. The lowest BCUT2D eigenvalue weighted by Crippen LogP contribution is -2.47. The first-order valence-electron chi connectivity index (χ1n) is 4.44. The van der Waals surface area contributed by atoms with Crippen molar-refractivity contribution >= 4 is 26.1 Å². The summed E-state index contributed by atoms with van der Waals surface area (Å²) in [5, 5.41) is 2.22. The van der Waals surface area contributed by atoms with E-state index >= 15 is 0 Å². The summed E-state index contributed by atoms with van der Waals surface area (Å²) in [6.07, 6.45) is 1.31. The fourth-order valence-electron chi connectivity index (χ4n) is 0.903. The number of sulfonamides is 2. The maximum Gasteiger partial charge on any atom is 0.345 e. The van der Waals surface area contributed by atoms with E-state index in [1.807, 2.05) is 0 Å². The molecule has 16 heavy (non-hydrogen) atoms. The van der Waals surface area contributed by atoms with Crippen LogP contribution in [-0.2, 0) is 20.0 Å². The van der Waals surface area contributed by atoms with Gasteiger partial charge >= 0.3 is 6.03 Å². The van der Waals surface area contributed by atoms with Crippen LogP contribution < -0.4 is 5.32 Å². The first-order valence-corrected chi connectivity index (χ1v) is 8.14. The summed E-state index contributed by atoms with van der Waals surface area (Å²) in [4.78, 5) is 11.4. The van der Waals surface area contributed by atoms with Crippen molar-refractivity contribution in [2.45, 2.75) is 13.8 Å². The van der Waals surface area contributed by atoms with Crippen molar-refractivity contribution in [3.05, 3.63) is 0 Å². The van der Waals surface area contributed by atoms with Crippen molar-refractivity contribution in [3.63, 3.8) is 0 Å². The van der Waals surface area contributed by atoms with Crippen LogP contribution >= 0.6 is 0 Å². The molecular formula is C7H16N2O5S2. The van der Waals surface area contributed by atoms with Gasteiger partial charge in [0.25, 0.3) is 0 Å². The van der Waals surface area contributed by atoms with Gasteiger partial charge in [0.15, 0.2) is 0 Å². The molecule has 0 fully saturated rings. The average Bonchev–Trinajstić information content (AvgIpc) is 1.94. The molecule has 0 aromatic heterocycles. The lowest BCUT2D eigenvalue weighted by atomic mass is 10.2. The molecule has 0 aliphatic carbocycles. The molecule has 0 aliphatic rings. The van der Waals surface area contributed by atoms with E-state index < -0.39 is 26.1 Å². The van der Waals surface area contributed by atoms with Crippen molar-refractivity contribution in [3.8, 4) is 0 Å². The maximum atomic E-state index is 11.4. The number of carbonyl (C=O) groups is 1. The molecule has 0 radical (unpaired) electrons. The summed E-state index contributed by atoms with van der Waals surface area (Å²) in [5.41, 5.74) is 0. The molecular weight excluding hydrogens is 256 g/mol. The molecule has 0 aromatic carbocycles. The van der Waals surface area contributed by atoms with Crippen molar-refractivity contribution in [1.29, 1.82) is 0 Å². The Morgan fingerprint density at radius 1 is 1.12 bits per heavy atom. The number of nitrogens with zero attached hydrogens (tertiary/aromatic N) is 1. The molecule has 7 nitrogen and oxygen atoms in total. The molecule has 0 rings (SSSR count). The number of nitrogens with one attached hydrogen (secondary N) is 1. The van der Waals surface area contributed by atoms with E-state index in [2.05, 4.69) is 5.32 Å². The summed E-state index contributed by atoms with van der Waals surface area (Å²) < 4.78 is 44.5. The van der Waals surface area contributed by atoms with E-state index in [1.54, 1.807) is 13.8 Å². The number of amides is 2. The Hall–Kier alpha value is -0.830. The topological polar surface area (TPSA) is 101 Å². The van der Waals surface area contributed by atoms with Crippen LogP contribution in [0.15, 0.2) is 0 Å². The second kappa shape index (κ2) is 5.00. The Labute approximate surface area is 95.9 Å². The highest BCUT2D eigenvalue weighted by Crippen LogP contribution is 2.05. The molecule has 0 spiro atoms. The molecule has 0 heterocycles. The van der Waals surface area contributed by atoms with E-state index in [9.17, 15) is 21.6 Å². The molecule has 1 N–H and O–H groups in total. The van der Waals surface area contributed by atoms with Gasteiger partial charge in [0, 0.05) is 6.54 Å². The second-order valence-corrected chi connectivity index (χ2v) is 7.70. The third-order valence-electron chi connectivity index (χ3n) is 1.43. The molecule has 96 valence electrons. The van der Waals surface area contributed by atoms with Gasteiger partial charge in [-0.25, -0.2) is 21.6 Å². The van der Waals surface area contributed by atoms with Gasteiger partial charge in [-0.15, -0.1) is 3.71 Å². The van der Waals surface area contributed by atoms with Crippen molar-refractivity contribution in [2.24, 2.45) is 5.92 Å². The number of urea groups is 1. The quantitative estimate of drug-likeness (QED) is 0.748. The number of rotatable bonds is 4. The molecule has 0 unspecified atom stereocenters. The first kappa shape index (κ1) is 15.2. The molecule has 0 aliphatic heterocycles. The minimum Gasteiger partial charge on any atom is -0.336 e. The standard InChI is InChI=1S/C7H16N2O5S2/c1-6(2)5-8-7(10)9(15(3,11)12)16(4,13)14/h6H,5H2,1-4H3,(H,8,10). The Morgan fingerprint density at radius 3 is 1.75 bits per heavy atom. The highest BCUT2D eigenvalue weighted by Gasteiger charge is 2.32. The zero-order chi connectivity index (χ0) is 13.1. The van der Waals surface area contributed by atoms with Gasteiger partial charge in [0.2, 0.25) is 20.0 Å². The van der Waals surface area contributed by atoms with Crippen molar-refractivity contribution in [1.82, 2.24) is 9.03 Å². The summed E-state index contributed by atoms with van der Waals surface area (Å²) in [5.74, 6) is 0.0879. The van der Waals surface area contributed by atoms with E-state index in [4.69, 9.17) is 0 Å². The normalized spacial score (nSPS) is 12.6. The van der Waals surface area contributed by atoms with E-state index in [1.165, 1.54) is 0 Å². The molecule has 0 saturated carbocycles. The van der Waals surface area contributed by atoms with Gasteiger partial charge in [-0.3, -0.25) is 0 Å². The summed E-state index contributed by atoms with van der Waals surface area (Å²) in [6, 6.07) is -1.15. The highest BCUT2D eigenvalue weighted by molar-refractivity contribution is 8.04. The lowest BCUT2D eigenvalue weighted by Gasteiger charge is -2.18. The Kier molecular flexibility index (Phi) is 4.74. The van der Waals surface area contributed by atoms with Crippen molar-refractivity contribution < 1.29 is 21.6 Å². The SMILES string of the molecule is CC(C)CNC(=O)N(S(C)(=O)=O)S(C)(=O)=O. The fourth-order valence-corrected chi connectivity index (χ4v) is 3.60. The molecule has 2 amide bonds. The zero-order valence-corrected chi connectivity index (χ0v) is 11.2. The zero-order valence-electron chi connectivity index (χ0n) is 9.59. The Bertz CT molecular complexity index is 419. The Balaban J connectivity index is 5.04. The van der Waals surface area contributed by atoms with Crippen LogP contribution in [0, 0.1) is 5.92 Å². The first-order chi connectivity index (χ1) is 6.96. The van der Waals surface area contributed by atoms with Gasteiger partial charge in [-0.2, -0.15) is 0 Å². The molecule has 0 bridgehead atoms. The van der Waals surface area contributed by atoms with Gasteiger partial charge in [0.1, 0.15) is 0 Å². The second-order valence-electron chi connectivity index (χ2n) is 3.80. The van der Waals surface area contributed by atoms with Crippen LogP contribution in [0.5, 0.6) is 0 Å². The number of hydrogen-bond acceptors (Lipinski definition) is 5. The minimum absolute atomic E-state index is 0.0879. The summed E-state index contributed by atoms with van der Waals surface area (Å²) >= 11 is 0. The smallest absolute Gasteiger partial charge is 0.336 e. The Morgan fingerprint density at radius 2 is 1.50 bits per heavy atom. The van der Waals surface area contributed by atoms with Crippen molar-refractivity contribution in [2.75, 3.05) is 19.1 Å². The molecule has 0 saturated heterocycles. The van der Waals surface area contributed by atoms with Gasteiger partial charge in [-0.05, 0) is 5.92 Å². The van der Waals surface area contributed by atoms with Gasteiger partial charge < -0.3 is 5.32 Å². The molecule has 0 aromatic rings. The molecule has 0 atom stereocenters. The van der Waals surface area contributed by atoms with E-state index in [0.717, 1.165) is 0 Å². The van der Waals surface area contributed by atoms with Crippen LogP contribution in [0.3, 0.4) is 0 Å². The lowest BCUT2D eigenvalue weighted by molar-refractivity contribution is 0.234. The van der Waals surface area contributed by atoms with E-state index in [0.29, 0.717) is 12.5 Å². The monoisotopic (exact) mass is 272 g/mol. The van der Waals surface area contributed by atoms with Crippen LogP contribution in [-0.4, -0.2) is 45.6 Å². The van der Waals surface area contributed by atoms with Crippen LogP contribution in [0.2, 0.25) is 0 Å². The van der Waals surface area contributed by atoms with Gasteiger partial charge in [-0.1, -0.05) is 13.8 Å². The fraction of sp³-hybridized carbons (Fsp3) is 0.857. The van der Waals surface area contributed by atoms with E-state index in [-0.39, 0.29) is 16.2 Å². The minimum atomic E-state index is -4.14. The summed E-state index contributed by atoms with van der Waals surface area (Å²) in [7, 11) is -8.27. The predicted molar refractivity (Wildman–Crippen MR) is 59.8 cm³/mol. The van der Waals surface area contributed by atoms with Crippen LogP contribution in [0.4, 0.5) is 4.79 Å². The third kappa shape index (κ3) is 4.79. The maximum absolute atomic E-state index is 11.4. The van der Waals surface area contributed by atoms with Crippen LogP contribution in [0.25, 0.3) is 0 Å². The van der Waals surface area contributed by atoms with Crippen LogP contribution in [0.1, 0.15) is 13.8 Å². The third-order valence-corrected chi connectivity index (χ3v) is 4.59. The highest BCUT2D eigenvalue weighted by atomic mass is 32.3. The molecule has 9 heteroatoms. The van der Waals surface area contributed by atoms with Gasteiger partial charge in [0.05, 0.1) is 12.5 Å². The summed E-state index contributed by atoms with van der Waals surface area (Å²) in [6.45, 7) is 3.79. The largest absolute Gasteiger partial charge is 0.345 e. The predicted octanol–water partition coefficient (Wildman–Crippen LogP) is -0.427. The number of carbonyl (C=O) groups excluding carboxylic acids is 1.